The molecule has 34 heavy (non-hydrogen) atoms. The molecule has 1 aromatic rings. The van der Waals surface area contributed by atoms with Crippen LogP contribution in [-0.2, 0) is 9.53 Å². The van der Waals surface area contributed by atoms with Crippen LogP contribution in [0.3, 0.4) is 0 Å². The Labute approximate surface area is 203 Å². The zero-order chi connectivity index (χ0) is 24.8. The van der Waals surface area contributed by atoms with Gasteiger partial charge < -0.3 is 35.2 Å². The second-order valence-electron chi connectivity index (χ2n) is 9.17. The molecule has 2 rings (SSSR count). The van der Waals surface area contributed by atoms with Gasteiger partial charge in [-0.2, -0.15) is 0 Å². The van der Waals surface area contributed by atoms with Gasteiger partial charge >= 0.3 is 0 Å². The molecule has 1 aromatic carbocycles. The number of amides is 1. The maximum atomic E-state index is 12.2. The summed E-state index contributed by atoms with van der Waals surface area (Å²) in [6.07, 6.45) is 7.48. The number of aliphatic hydroxyl groups is 4. The Morgan fingerprint density at radius 1 is 0.853 bits per heavy atom. The predicted octanol–water partition coefficient (Wildman–Crippen LogP) is 3.50. The van der Waals surface area contributed by atoms with Crippen LogP contribution < -0.4 is 10.1 Å². The molecule has 0 aromatic heterocycles. The van der Waals surface area contributed by atoms with E-state index in [-0.39, 0.29) is 5.91 Å². The average Bonchev–Trinajstić information content (AvgIpc) is 2.84. The highest BCUT2D eigenvalue weighted by Gasteiger charge is 2.44. The molecular weight excluding hydrogens is 438 g/mol. The zero-order valence-corrected chi connectivity index (χ0v) is 20.4. The van der Waals surface area contributed by atoms with Gasteiger partial charge in [-0.05, 0) is 30.7 Å². The van der Waals surface area contributed by atoms with Crippen molar-refractivity contribution in [2.45, 2.75) is 115 Å². The van der Waals surface area contributed by atoms with Crippen molar-refractivity contribution in [3.8, 4) is 5.75 Å². The van der Waals surface area contributed by atoms with Gasteiger partial charge in [-0.25, -0.2) is 0 Å². The lowest BCUT2D eigenvalue weighted by Crippen LogP contribution is -2.60. The van der Waals surface area contributed by atoms with E-state index in [0.29, 0.717) is 17.9 Å². The minimum Gasteiger partial charge on any atom is -0.462 e. The minimum atomic E-state index is -1.50. The lowest BCUT2D eigenvalue weighted by molar-refractivity contribution is -0.277. The summed E-state index contributed by atoms with van der Waals surface area (Å²) in [5.41, 5.74) is 0.634. The van der Waals surface area contributed by atoms with Gasteiger partial charge in [0, 0.05) is 12.1 Å². The van der Waals surface area contributed by atoms with Crippen LogP contribution in [0.25, 0.3) is 0 Å². The number of benzene rings is 1. The Hall–Kier alpha value is -1.71. The molecule has 0 unspecified atom stereocenters. The molecule has 8 heteroatoms. The van der Waals surface area contributed by atoms with Crippen LogP contribution in [-0.4, -0.2) is 63.6 Å². The van der Waals surface area contributed by atoms with E-state index in [0.717, 1.165) is 12.8 Å². The summed E-state index contributed by atoms with van der Waals surface area (Å²) in [5, 5.41) is 41.9. The third-order valence-corrected chi connectivity index (χ3v) is 6.25. The number of anilines is 1. The molecule has 0 bridgehead atoms. The van der Waals surface area contributed by atoms with Crippen molar-refractivity contribution in [2.24, 2.45) is 0 Å². The highest BCUT2D eigenvalue weighted by Crippen LogP contribution is 2.25. The molecule has 0 saturated carbocycles. The topological polar surface area (TPSA) is 128 Å². The SMILES string of the molecule is CCCCCCCCCCCCCC(=O)Nc1ccc(O[C@H]2O[C@H](CO)[C@@H](O)[C@H](O)[C@H]2O)cc1. The van der Waals surface area contributed by atoms with Crippen LogP contribution in [0.15, 0.2) is 24.3 Å². The molecular formula is C26H43NO7. The fourth-order valence-electron chi connectivity index (χ4n) is 4.09. The Bertz CT molecular complexity index is 682. The van der Waals surface area contributed by atoms with Gasteiger partial charge in [0.15, 0.2) is 0 Å². The molecule has 5 atom stereocenters. The first-order chi connectivity index (χ1) is 16.5. The second-order valence-corrected chi connectivity index (χ2v) is 9.17. The summed E-state index contributed by atoms with van der Waals surface area (Å²) in [6.45, 7) is 1.72. The molecule has 0 spiro atoms. The van der Waals surface area contributed by atoms with Crippen LogP contribution in [0.4, 0.5) is 5.69 Å². The fraction of sp³-hybridized carbons (Fsp3) is 0.731. The summed E-state index contributed by atoms with van der Waals surface area (Å²) in [7, 11) is 0. The van der Waals surface area contributed by atoms with E-state index in [1.54, 1.807) is 24.3 Å². The Kier molecular flexibility index (Phi) is 13.5. The summed E-state index contributed by atoms with van der Waals surface area (Å²) in [6, 6.07) is 6.58. The van der Waals surface area contributed by atoms with E-state index >= 15 is 0 Å². The lowest BCUT2D eigenvalue weighted by atomic mass is 9.99. The van der Waals surface area contributed by atoms with Gasteiger partial charge in [0.05, 0.1) is 6.61 Å². The van der Waals surface area contributed by atoms with Gasteiger partial charge in [0.1, 0.15) is 30.2 Å². The minimum absolute atomic E-state index is 0.0291. The van der Waals surface area contributed by atoms with Crippen molar-refractivity contribution in [3.05, 3.63) is 24.3 Å². The van der Waals surface area contributed by atoms with Crippen molar-refractivity contribution in [1.29, 1.82) is 0 Å². The summed E-state index contributed by atoms with van der Waals surface area (Å²) >= 11 is 0. The largest absolute Gasteiger partial charge is 0.462 e. The third kappa shape index (κ3) is 9.88. The maximum absolute atomic E-state index is 12.2. The molecule has 1 aliphatic heterocycles. The quantitative estimate of drug-likeness (QED) is 0.229. The van der Waals surface area contributed by atoms with Gasteiger partial charge in [-0.15, -0.1) is 0 Å². The molecule has 1 fully saturated rings. The normalized spacial score (nSPS) is 24.7. The first kappa shape index (κ1) is 28.5. The first-order valence-corrected chi connectivity index (χ1v) is 12.8. The second kappa shape index (κ2) is 16.1. The maximum Gasteiger partial charge on any atom is 0.229 e. The summed E-state index contributed by atoms with van der Waals surface area (Å²) in [4.78, 5) is 12.2. The number of nitrogens with one attached hydrogen (secondary N) is 1. The molecule has 1 saturated heterocycles. The standard InChI is InChI=1S/C26H43NO7/c1-2-3-4-5-6-7-8-9-10-11-12-13-22(29)27-19-14-16-20(17-15-19)33-26-25(32)24(31)23(30)21(18-28)34-26/h14-17,21,23-26,28,30-32H,2-13,18H2,1H3,(H,27,29)/t21-,23-,24+,25-,26+/m1/s1. The lowest BCUT2D eigenvalue weighted by Gasteiger charge is -2.39. The number of carbonyl (C=O) groups excluding carboxylic acids is 1. The van der Waals surface area contributed by atoms with Crippen LogP contribution in [0.1, 0.15) is 84.0 Å². The molecule has 8 nitrogen and oxygen atoms in total. The monoisotopic (exact) mass is 481 g/mol. The fourth-order valence-corrected chi connectivity index (χ4v) is 4.09. The number of aliphatic hydroxyl groups excluding tert-OH is 4. The van der Waals surface area contributed by atoms with Crippen LogP contribution in [0.5, 0.6) is 5.75 Å². The summed E-state index contributed by atoms with van der Waals surface area (Å²) < 4.78 is 10.9. The van der Waals surface area contributed by atoms with Crippen LogP contribution in [0, 0.1) is 0 Å². The highest BCUT2D eigenvalue weighted by atomic mass is 16.7. The smallest absolute Gasteiger partial charge is 0.229 e. The predicted molar refractivity (Wildman–Crippen MR) is 131 cm³/mol. The molecule has 1 aliphatic rings. The number of carbonyl (C=O) groups is 1. The van der Waals surface area contributed by atoms with Crippen molar-refractivity contribution in [2.75, 3.05) is 11.9 Å². The van der Waals surface area contributed by atoms with Gasteiger partial charge in [-0.1, -0.05) is 71.1 Å². The summed E-state index contributed by atoms with van der Waals surface area (Å²) in [5.74, 6) is 0.325. The molecule has 5 N–H and O–H groups in total. The number of hydrogen-bond acceptors (Lipinski definition) is 7. The molecule has 0 radical (unpaired) electrons. The third-order valence-electron chi connectivity index (χ3n) is 6.25. The van der Waals surface area contributed by atoms with Crippen molar-refractivity contribution in [1.82, 2.24) is 0 Å². The number of hydrogen-bond donors (Lipinski definition) is 5. The van der Waals surface area contributed by atoms with Crippen molar-refractivity contribution in [3.63, 3.8) is 0 Å². The van der Waals surface area contributed by atoms with Gasteiger partial charge in [0.25, 0.3) is 0 Å². The molecule has 0 aliphatic carbocycles. The van der Waals surface area contributed by atoms with E-state index in [4.69, 9.17) is 9.47 Å². The number of unbranched alkanes of at least 4 members (excludes halogenated alkanes) is 10. The number of ether oxygens (including phenoxy) is 2. The number of rotatable bonds is 16. The van der Waals surface area contributed by atoms with Crippen molar-refractivity contribution < 1.29 is 34.7 Å². The Morgan fingerprint density at radius 3 is 1.97 bits per heavy atom. The molecule has 1 heterocycles. The van der Waals surface area contributed by atoms with Gasteiger partial charge in [-0.3, -0.25) is 4.79 Å². The van der Waals surface area contributed by atoms with E-state index in [9.17, 15) is 25.2 Å². The van der Waals surface area contributed by atoms with E-state index < -0.39 is 37.3 Å². The van der Waals surface area contributed by atoms with Crippen LogP contribution >= 0.6 is 0 Å². The Morgan fingerprint density at radius 2 is 1.41 bits per heavy atom. The van der Waals surface area contributed by atoms with E-state index in [1.807, 2.05) is 0 Å². The zero-order valence-electron chi connectivity index (χ0n) is 20.4. The Balaban J connectivity index is 1.61. The van der Waals surface area contributed by atoms with E-state index in [1.165, 1.54) is 57.8 Å². The first-order valence-electron chi connectivity index (χ1n) is 12.8. The molecule has 194 valence electrons. The molecule has 1 amide bonds. The van der Waals surface area contributed by atoms with Gasteiger partial charge in [0.2, 0.25) is 12.2 Å². The average molecular weight is 482 g/mol. The highest BCUT2D eigenvalue weighted by molar-refractivity contribution is 5.90. The van der Waals surface area contributed by atoms with Crippen molar-refractivity contribution >= 4 is 11.6 Å². The van der Waals surface area contributed by atoms with Crippen LogP contribution in [0.2, 0.25) is 0 Å². The van der Waals surface area contributed by atoms with E-state index in [2.05, 4.69) is 12.2 Å².